The summed E-state index contributed by atoms with van der Waals surface area (Å²) >= 11 is 12.3. The number of aromatic nitrogens is 4. The number of nitrogens with zero attached hydrogens (tertiary/aromatic N) is 5. The van der Waals surface area contributed by atoms with Gasteiger partial charge < -0.3 is 5.73 Å². The van der Waals surface area contributed by atoms with Gasteiger partial charge in [0, 0.05) is 23.0 Å². The molecule has 2 aromatic carbocycles. The first-order chi connectivity index (χ1) is 15.9. The van der Waals surface area contributed by atoms with Crippen LogP contribution in [-0.2, 0) is 9.84 Å². The lowest BCUT2D eigenvalue weighted by Gasteiger charge is -2.07. The van der Waals surface area contributed by atoms with E-state index in [0.717, 1.165) is 0 Å². The van der Waals surface area contributed by atoms with Gasteiger partial charge in [-0.3, -0.25) is 4.98 Å². The van der Waals surface area contributed by atoms with E-state index in [1.807, 2.05) is 6.07 Å². The van der Waals surface area contributed by atoms with E-state index >= 15 is 0 Å². The van der Waals surface area contributed by atoms with E-state index in [-0.39, 0.29) is 36.8 Å². The van der Waals surface area contributed by atoms with Crippen LogP contribution in [-0.4, -0.2) is 34.3 Å². The Labute approximate surface area is 198 Å². The largest absolute Gasteiger partial charge is 0.382 e. The van der Waals surface area contributed by atoms with Gasteiger partial charge in [-0.1, -0.05) is 41.4 Å². The van der Waals surface area contributed by atoms with Crippen LogP contribution in [0.25, 0.3) is 22.2 Å². The highest BCUT2D eigenvalue weighted by Gasteiger charge is 2.32. The van der Waals surface area contributed by atoms with Gasteiger partial charge in [0.1, 0.15) is 16.2 Å². The maximum atomic E-state index is 13.7. The van der Waals surface area contributed by atoms with Crippen LogP contribution in [0.15, 0.2) is 81.9 Å². The van der Waals surface area contributed by atoms with Crippen molar-refractivity contribution in [1.29, 1.82) is 0 Å². The number of benzene rings is 2. The molecule has 33 heavy (non-hydrogen) atoms. The highest BCUT2D eigenvalue weighted by Crippen LogP contribution is 2.38. The van der Waals surface area contributed by atoms with E-state index in [1.165, 1.54) is 29.1 Å². The average molecular weight is 497 g/mol. The second-order valence-electron chi connectivity index (χ2n) is 7.02. The first-order valence-corrected chi connectivity index (χ1v) is 11.8. The molecule has 5 aromatic rings. The number of sulfone groups is 1. The van der Waals surface area contributed by atoms with Crippen molar-refractivity contribution in [3.8, 4) is 0 Å². The first kappa shape index (κ1) is 21.3. The topological polar surface area (TPSA) is 116 Å². The number of nitrogen functional groups attached to an aromatic ring is 1. The molecule has 11 heteroatoms. The number of nitrogens with two attached hydrogens (primary N) is 1. The van der Waals surface area contributed by atoms with Crippen molar-refractivity contribution in [3.05, 3.63) is 82.6 Å². The molecular weight excluding hydrogens is 483 g/mol. The van der Waals surface area contributed by atoms with Gasteiger partial charge in [-0.15, -0.1) is 0 Å². The third-order valence-corrected chi connectivity index (χ3v) is 7.42. The number of fused-ring (bicyclic) bond motifs is 2. The molecule has 3 heterocycles. The Kier molecular flexibility index (Phi) is 5.24. The van der Waals surface area contributed by atoms with E-state index in [4.69, 9.17) is 28.9 Å². The van der Waals surface area contributed by atoms with Crippen LogP contribution in [0.2, 0.25) is 10.0 Å². The molecule has 5 rings (SSSR count). The molecule has 3 aromatic heterocycles. The standard InChI is InChI=1S/C22H14Cl2N6O2S/c23-14-7-8-15(24)18(10-14)33(31,32)20-19-22(29-17-6-2-1-5-16(17)28-19)30(21(20)25)27-12-13-4-3-9-26-11-13/h1-12H,25H2/b27-12+. The summed E-state index contributed by atoms with van der Waals surface area (Å²) in [6, 6.07) is 14.8. The highest BCUT2D eigenvalue weighted by atomic mass is 35.5. The van der Waals surface area contributed by atoms with E-state index in [1.54, 1.807) is 42.7 Å². The Bertz CT molecular complexity index is 1670. The van der Waals surface area contributed by atoms with E-state index in [0.29, 0.717) is 16.6 Å². The second kappa shape index (κ2) is 8.11. The van der Waals surface area contributed by atoms with E-state index in [9.17, 15) is 8.42 Å². The summed E-state index contributed by atoms with van der Waals surface area (Å²) in [4.78, 5) is 12.7. The zero-order chi connectivity index (χ0) is 23.2. The molecule has 0 aliphatic heterocycles. The predicted molar refractivity (Wildman–Crippen MR) is 129 cm³/mol. The average Bonchev–Trinajstić information content (AvgIpc) is 3.09. The van der Waals surface area contributed by atoms with Gasteiger partial charge in [0.05, 0.1) is 27.2 Å². The van der Waals surface area contributed by atoms with Crippen LogP contribution in [0.4, 0.5) is 5.82 Å². The van der Waals surface area contributed by atoms with Crippen LogP contribution in [0.1, 0.15) is 5.56 Å². The summed E-state index contributed by atoms with van der Waals surface area (Å²) in [5.74, 6) is -0.156. The maximum absolute atomic E-state index is 13.7. The molecule has 0 radical (unpaired) electrons. The zero-order valence-electron chi connectivity index (χ0n) is 16.7. The molecule has 0 bridgehead atoms. The number of hydrogen-bond donors (Lipinski definition) is 1. The molecule has 0 saturated carbocycles. The molecule has 164 valence electrons. The van der Waals surface area contributed by atoms with Crippen molar-refractivity contribution in [2.75, 3.05) is 5.73 Å². The van der Waals surface area contributed by atoms with Crippen molar-refractivity contribution in [2.45, 2.75) is 9.79 Å². The molecule has 0 atom stereocenters. The summed E-state index contributed by atoms with van der Waals surface area (Å²) in [6.45, 7) is 0. The van der Waals surface area contributed by atoms with Gasteiger partial charge in [-0.25, -0.2) is 18.4 Å². The predicted octanol–water partition coefficient (Wildman–Crippen LogP) is 4.58. The second-order valence-corrected chi connectivity index (χ2v) is 9.72. The van der Waals surface area contributed by atoms with Crippen LogP contribution in [0, 0.1) is 0 Å². The molecule has 0 aliphatic carbocycles. The SMILES string of the molecule is Nc1c(S(=O)(=O)c2cc(Cl)ccc2Cl)c2nc3ccccc3nc2n1/N=C/c1cccnc1. The Balaban J connectivity index is 1.83. The van der Waals surface area contributed by atoms with Crippen LogP contribution < -0.4 is 5.73 Å². The van der Waals surface area contributed by atoms with Crippen molar-refractivity contribution in [1.82, 2.24) is 19.6 Å². The van der Waals surface area contributed by atoms with Crippen molar-refractivity contribution in [2.24, 2.45) is 5.10 Å². The molecule has 8 nitrogen and oxygen atoms in total. The molecule has 0 amide bonds. The molecule has 0 fully saturated rings. The van der Waals surface area contributed by atoms with Crippen molar-refractivity contribution < 1.29 is 8.42 Å². The van der Waals surface area contributed by atoms with E-state index < -0.39 is 9.84 Å². The molecule has 0 saturated heterocycles. The Morgan fingerprint density at radius 3 is 2.48 bits per heavy atom. The molecule has 0 unspecified atom stereocenters. The quantitative estimate of drug-likeness (QED) is 0.364. The normalized spacial score (nSPS) is 12.2. The first-order valence-electron chi connectivity index (χ1n) is 9.57. The van der Waals surface area contributed by atoms with Crippen LogP contribution in [0.5, 0.6) is 0 Å². The minimum Gasteiger partial charge on any atom is -0.382 e. The van der Waals surface area contributed by atoms with E-state index in [2.05, 4.69) is 20.1 Å². The van der Waals surface area contributed by atoms with Gasteiger partial charge >= 0.3 is 0 Å². The summed E-state index contributed by atoms with van der Waals surface area (Å²) in [5.41, 5.74) is 8.37. The Morgan fingerprint density at radius 1 is 1.00 bits per heavy atom. The summed E-state index contributed by atoms with van der Waals surface area (Å²) < 4.78 is 28.6. The summed E-state index contributed by atoms with van der Waals surface area (Å²) in [6.07, 6.45) is 4.74. The minimum absolute atomic E-state index is 0.00677. The maximum Gasteiger partial charge on any atom is 0.214 e. The number of para-hydroxylation sites is 2. The fourth-order valence-corrected chi connectivity index (χ4v) is 5.61. The molecule has 2 N–H and O–H groups in total. The monoisotopic (exact) mass is 496 g/mol. The minimum atomic E-state index is -4.23. The highest BCUT2D eigenvalue weighted by molar-refractivity contribution is 7.92. The fraction of sp³-hybridized carbons (Fsp3) is 0. The Morgan fingerprint density at radius 2 is 1.76 bits per heavy atom. The van der Waals surface area contributed by atoms with Gasteiger partial charge in [0.15, 0.2) is 5.65 Å². The third kappa shape index (κ3) is 3.70. The van der Waals surface area contributed by atoms with Gasteiger partial charge in [0.2, 0.25) is 9.84 Å². The molecule has 0 spiro atoms. The van der Waals surface area contributed by atoms with Crippen LogP contribution in [0.3, 0.4) is 0 Å². The number of rotatable bonds is 4. The summed E-state index contributed by atoms with van der Waals surface area (Å²) in [7, 11) is -4.23. The lowest BCUT2D eigenvalue weighted by molar-refractivity contribution is 0.597. The number of hydrogen-bond acceptors (Lipinski definition) is 7. The zero-order valence-corrected chi connectivity index (χ0v) is 19.1. The number of halogens is 2. The lowest BCUT2D eigenvalue weighted by atomic mass is 10.3. The lowest BCUT2D eigenvalue weighted by Crippen LogP contribution is -2.07. The number of anilines is 1. The third-order valence-electron chi connectivity index (χ3n) is 4.89. The molecular formula is C22H14Cl2N6O2S. The van der Waals surface area contributed by atoms with Crippen molar-refractivity contribution in [3.63, 3.8) is 0 Å². The van der Waals surface area contributed by atoms with Gasteiger partial charge in [-0.2, -0.15) is 9.78 Å². The summed E-state index contributed by atoms with van der Waals surface area (Å²) in [5, 5.41) is 4.60. The fourth-order valence-electron chi connectivity index (χ4n) is 3.37. The van der Waals surface area contributed by atoms with Crippen molar-refractivity contribution >= 4 is 67.3 Å². The Hall–Kier alpha value is -3.53. The number of pyridine rings is 1. The molecule has 0 aliphatic rings. The van der Waals surface area contributed by atoms with Gasteiger partial charge in [-0.05, 0) is 36.4 Å². The smallest absolute Gasteiger partial charge is 0.214 e. The van der Waals surface area contributed by atoms with Crippen LogP contribution >= 0.6 is 23.2 Å². The van der Waals surface area contributed by atoms with Gasteiger partial charge in [0.25, 0.3) is 0 Å².